The molecule has 3 heteroatoms. The highest BCUT2D eigenvalue weighted by Crippen LogP contribution is 2.12. The summed E-state index contributed by atoms with van der Waals surface area (Å²) in [6, 6.07) is 12.6. The van der Waals surface area contributed by atoms with Crippen molar-refractivity contribution in [2.75, 3.05) is 0 Å². The number of hydrogen-bond acceptors (Lipinski definition) is 2. The molecule has 0 atom stereocenters. The van der Waals surface area contributed by atoms with Crippen LogP contribution in [0.4, 0.5) is 0 Å². The van der Waals surface area contributed by atoms with E-state index in [1.165, 1.54) is 23.9 Å². The van der Waals surface area contributed by atoms with Gasteiger partial charge in [0.05, 0.1) is 5.52 Å². The minimum atomic E-state index is -0.833. The number of fused-ring (bicyclic) bond motifs is 1. The van der Waals surface area contributed by atoms with Crippen molar-refractivity contribution in [2.24, 2.45) is 0 Å². The van der Waals surface area contributed by atoms with Crippen LogP contribution >= 0.6 is 0 Å². The normalized spacial score (nSPS) is 9.67. The predicted molar refractivity (Wildman–Crippen MR) is 73.7 cm³/mol. The quantitative estimate of drug-likeness (QED) is 0.897. The monoisotopic (exact) mass is 245 g/mol. The Kier molecular flexibility index (Phi) is 5.85. The Bertz CT molecular complexity index is 505. The summed E-state index contributed by atoms with van der Waals surface area (Å²) in [4.78, 5) is 13.6. The van der Waals surface area contributed by atoms with Gasteiger partial charge in [0.2, 0.25) is 0 Å². The first-order chi connectivity index (χ1) is 8.63. The van der Waals surface area contributed by atoms with Gasteiger partial charge < -0.3 is 5.11 Å². The summed E-state index contributed by atoms with van der Waals surface area (Å²) in [5.74, 6) is -0.833. The number of carboxylic acid groups (broad SMARTS) is 1. The molecule has 1 heterocycles. The summed E-state index contributed by atoms with van der Waals surface area (Å²) < 4.78 is 0. The van der Waals surface area contributed by atoms with E-state index in [1.807, 2.05) is 6.07 Å². The maximum Gasteiger partial charge on any atom is 0.300 e. The molecule has 0 radical (unpaired) electrons. The number of unbranched alkanes of at least 4 members (excludes halogenated alkanes) is 1. The third-order valence-corrected chi connectivity index (χ3v) is 2.44. The van der Waals surface area contributed by atoms with Gasteiger partial charge in [-0.15, -0.1) is 0 Å². The fraction of sp³-hybridized carbons (Fsp3) is 0.333. The van der Waals surface area contributed by atoms with Crippen molar-refractivity contribution >= 4 is 16.9 Å². The van der Waals surface area contributed by atoms with Crippen LogP contribution in [-0.4, -0.2) is 16.1 Å². The number of rotatable bonds is 3. The zero-order chi connectivity index (χ0) is 13.4. The number of carboxylic acids is 1. The lowest BCUT2D eigenvalue weighted by Gasteiger charge is -2.01. The van der Waals surface area contributed by atoms with Gasteiger partial charge in [-0.2, -0.15) is 0 Å². The van der Waals surface area contributed by atoms with E-state index in [-0.39, 0.29) is 0 Å². The first-order valence-corrected chi connectivity index (χ1v) is 6.17. The van der Waals surface area contributed by atoms with Crippen molar-refractivity contribution in [3.8, 4) is 0 Å². The van der Waals surface area contributed by atoms with E-state index in [1.54, 1.807) is 0 Å². The zero-order valence-corrected chi connectivity index (χ0v) is 10.9. The molecule has 3 nitrogen and oxygen atoms in total. The van der Waals surface area contributed by atoms with Gasteiger partial charge in [-0.3, -0.25) is 9.78 Å². The molecule has 2 rings (SSSR count). The van der Waals surface area contributed by atoms with Crippen molar-refractivity contribution in [2.45, 2.75) is 33.1 Å². The summed E-state index contributed by atoms with van der Waals surface area (Å²) in [7, 11) is 0. The number of carbonyl (C=O) groups is 1. The van der Waals surface area contributed by atoms with Crippen LogP contribution in [0.25, 0.3) is 10.9 Å². The van der Waals surface area contributed by atoms with Crippen LogP contribution in [0.5, 0.6) is 0 Å². The number of aromatic nitrogens is 1. The Morgan fingerprint density at radius 2 is 1.89 bits per heavy atom. The van der Waals surface area contributed by atoms with E-state index in [0.29, 0.717) is 0 Å². The number of aliphatic carboxylic acids is 1. The SMILES string of the molecule is CC(=O)O.CCCCc1ccc2ccccc2n1. The molecule has 0 saturated carbocycles. The van der Waals surface area contributed by atoms with Crippen LogP contribution in [0.1, 0.15) is 32.4 Å². The molecule has 0 amide bonds. The molecule has 96 valence electrons. The van der Waals surface area contributed by atoms with Crippen LogP contribution < -0.4 is 0 Å². The van der Waals surface area contributed by atoms with Gasteiger partial charge in [0, 0.05) is 18.0 Å². The molecule has 18 heavy (non-hydrogen) atoms. The van der Waals surface area contributed by atoms with Crippen LogP contribution in [0, 0.1) is 0 Å². The van der Waals surface area contributed by atoms with Gasteiger partial charge in [0.15, 0.2) is 0 Å². The van der Waals surface area contributed by atoms with Crippen LogP contribution in [0.3, 0.4) is 0 Å². The molecule has 0 spiro atoms. The van der Waals surface area contributed by atoms with Gasteiger partial charge in [0.1, 0.15) is 0 Å². The van der Waals surface area contributed by atoms with Gasteiger partial charge in [-0.05, 0) is 25.0 Å². The predicted octanol–water partition coefficient (Wildman–Crippen LogP) is 3.67. The topological polar surface area (TPSA) is 50.2 Å². The Balaban J connectivity index is 0.000000357. The number of pyridine rings is 1. The highest BCUT2D eigenvalue weighted by atomic mass is 16.4. The molecule has 0 aliphatic rings. The minimum Gasteiger partial charge on any atom is -0.481 e. The average Bonchev–Trinajstić information content (AvgIpc) is 2.35. The lowest BCUT2D eigenvalue weighted by Crippen LogP contribution is -1.89. The molecule has 1 N–H and O–H groups in total. The fourth-order valence-corrected chi connectivity index (χ4v) is 1.61. The van der Waals surface area contributed by atoms with E-state index >= 15 is 0 Å². The second-order valence-electron chi connectivity index (χ2n) is 4.12. The number of nitrogens with zero attached hydrogens (tertiary/aromatic N) is 1. The standard InChI is InChI=1S/C13H15N.C2H4O2/c1-2-3-7-12-10-9-11-6-4-5-8-13(11)14-12;1-2(3)4/h4-6,8-10H,2-3,7H2,1H3;1H3,(H,3,4). The summed E-state index contributed by atoms with van der Waals surface area (Å²) >= 11 is 0. The lowest BCUT2D eigenvalue weighted by molar-refractivity contribution is -0.134. The highest BCUT2D eigenvalue weighted by Gasteiger charge is 1.96. The van der Waals surface area contributed by atoms with Crippen LogP contribution in [0.2, 0.25) is 0 Å². The largest absolute Gasteiger partial charge is 0.481 e. The Morgan fingerprint density at radius 1 is 1.22 bits per heavy atom. The molecular weight excluding hydrogens is 226 g/mol. The van der Waals surface area contributed by atoms with E-state index < -0.39 is 5.97 Å². The van der Waals surface area contributed by atoms with Crippen molar-refractivity contribution in [1.82, 2.24) is 4.98 Å². The Hall–Kier alpha value is -1.90. The third kappa shape index (κ3) is 4.95. The van der Waals surface area contributed by atoms with Crippen LogP contribution in [-0.2, 0) is 11.2 Å². The molecule has 0 bridgehead atoms. The van der Waals surface area contributed by atoms with Crippen molar-refractivity contribution in [3.63, 3.8) is 0 Å². The highest BCUT2D eigenvalue weighted by molar-refractivity contribution is 5.78. The van der Waals surface area contributed by atoms with Gasteiger partial charge in [0.25, 0.3) is 5.97 Å². The van der Waals surface area contributed by atoms with Gasteiger partial charge >= 0.3 is 0 Å². The molecule has 0 aliphatic heterocycles. The van der Waals surface area contributed by atoms with Crippen molar-refractivity contribution < 1.29 is 9.90 Å². The molecular formula is C15H19NO2. The first-order valence-electron chi connectivity index (χ1n) is 6.17. The number of hydrogen-bond donors (Lipinski definition) is 1. The van der Waals surface area contributed by atoms with Gasteiger partial charge in [-0.25, -0.2) is 0 Å². The maximum atomic E-state index is 9.00. The molecule has 1 aromatic carbocycles. The number of benzene rings is 1. The smallest absolute Gasteiger partial charge is 0.300 e. The van der Waals surface area contributed by atoms with Gasteiger partial charge in [-0.1, -0.05) is 37.6 Å². The number of para-hydroxylation sites is 1. The summed E-state index contributed by atoms with van der Waals surface area (Å²) in [5.41, 5.74) is 2.33. The van der Waals surface area contributed by atoms with E-state index in [2.05, 4.69) is 42.2 Å². The second kappa shape index (κ2) is 7.43. The molecule has 2 aromatic rings. The third-order valence-electron chi connectivity index (χ3n) is 2.44. The molecule has 0 unspecified atom stereocenters. The molecule has 0 aliphatic carbocycles. The Labute approximate surface area is 107 Å². The van der Waals surface area contributed by atoms with Crippen molar-refractivity contribution in [3.05, 3.63) is 42.1 Å². The lowest BCUT2D eigenvalue weighted by atomic mass is 10.1. The molecule has 0 fully saturated rings. The van der Waals surface area contributed by atoms with Crippen molar-refractivity contribution in [1.29, 1.82) is 0 Å². The zero-order valence-electron chi connectivity index (χ0n) is 10.9. The van der Waals surface area contributed by atoms with E-state index in [9.17, 15) is 0 Å². The molecule has 0 saturated heterocycles. The maximum absolute atomic E-state index is 9.00. The average molecular weight is 245 g/mol. The minimum absolute atomic E-state index is 0.833. The van der Waals surface area contributed by atoms with E-state index in [4.69, 9.17) is 9.90 Å². The fourth-order valence-electron chi connectivity index (χ4n) is 1.61. The summed E-state index contributed by atoms with van der Waals surface area (Å²) in [6.45, 7) is 3.29. The number of aryl methyl sites for hydroxylation is 1. The van der Waals surface area contributed by atoms with Crippen LogP contribution in [0.15, 0.2) is 36.4 Å². The Morgan fingerprint density at radius 3 is 2.56 bits per heavy atom. The summed E-state index contributed by atoms with van der Waals surface area (Å²) in [6.07, 6.45) is 3.56. The second-order valence-corrected chi connectivity index (χ2v) is 4.12. The van der Waals surface area contributed by atoms with E-state index in [0.717, 1.165) is 18.9 Å². The first kappa shape index (κ1) is 14.2. The molecule has 1 aromatic heterocycles. The summed E-state index contributed by atoms with van der Waals surface area (Å²) in [5, 5.41) is 8.65.